The second-order valence-electron chi connectivity index (χ2n) is 6.44. The Morgan fingerprint density at radius 1 is 1.14 bits per heavy atom. The molecule has 0 aromatic heterocycles. The van der Waals surface area contributed by atoms with Crippen LogP contribution < -0.4 is 9.80 Å². The highest BCUT2D eigenvalue weighted by molar-refractivity contribution is 7.81. The molecule has 0 spiro atoms. The molecule has 6 nitrogen and oxygen atoms in total. The van der Waals surface area contributed by atoms with Crippen molar-refractivity contribution < 1.29 is 13.6 Å². The van der Waals surface area contributed by atoms with Gasteiger partial charge in [0.25, 0.3) is 5.91 Å². The number of benzene rings is 2. The van der Waals surface area contributed by atoms with Crippen molar-refractivity contribution in [3.8, 4) is 6.07 Å². The number of nitriles is 1. The maximum atomic E-state index is 13.1. The Morgan fingerprint density at radius 3 is 2.36 bits per heavy atom. The molecule has 1 aliphatic heterocycles. The van der Waals surface area contributed by atoms with E-state index in [2.05, 4.69) is 0 Å². The van der Waals surface area contributed by atoms with E-state index in [-0.39, 0.29) is 31.5 Å². The summed E-state index contributed by atoms with van der Waals surface area (Å²) in [6, 6.07) is 10.9. The van der Waals surface area contributed by atoms with Crippen molar-refractivity contribution in [2.75, 3.05) is 9.80 Å². The quantitative estimate of drug-likeness (QED) is 0.516. The molecule has 1 atom stereocenters. The summed E-state index contributed by atoms with van der Waals surface area (Å²) in [6.07, 6.45) is 0. The highest BCUT2D eigenvalue weighted by atomic mass is 35.5. The molecule has 28 heavy (non-hydrogen) atoms. The molecule has 2 aromatic carbocycles. The first kappa shape index (κ1) is 20.7. The Hall–Kier alpha value is -2.02. The molecule has 0 radical (unpaired) electrons. The average Bonchev–Trinajstić information content (AvgIpc) is 2.80. The van der Waals surface area contributed by atoms with Crippen molar-refractivity contribution in [2.24, 2.45) is 0 Å². The van der Waals surface area contributed by atoms with Gasteiger partial charge >= 0.3 is 0 Å². The lowest BCUT2D eigenvalue weighted by Crippen LogP contribution is -2.44. The number of nitrogens with zero attached hydrogens (tertiary/aromatic N) is 3. The number of hydrogen-bond donors (Lipinski definition) is 0. The Bertz CT molecular complexity index is 1080. The van der Waals surface area contributed by atoms with Crippen molar-refractivity contribution in [1.82, 2.24) is 0 Å². The SMILES string of the molecule is CC1(C)C(=O)N(c2ccc(C#N)c(Cl)c2)C(=S)N1c1ccc(Cl)c(S(=O)[O-])c1. The molecule has 1 saturated heterocycles. The van der Waals surface area contributed by atoms with Gasteiger partial charge in [0, 0.05) is 10.6 Å². The summed E-state index contributed by atoms with van der Waals surface area (Å²) >= 11 is 15.0. The highest BCUT2D eigenvalue weighted by Gasteiger charge is 2.50. The van der Waals surface area contributed by atoms with E-state index in [9.17, 15) is 13.6 Å². The number of thiocarbonyl (C=S) groups is 1. The number of amides is 1. The van der Waals surface area contributed by atoms with Crippen LogP contribution in [0.25, 0.3) is 0 Å². The number of halogens is 2. The molecule has 144 valence electrons. The van der Waals surface area contributed by atoms with Crippen molar-refractivity contribution >= 4 is 68.9 Å². The molecule has 0 bridgehead atoms. The van der Waals surface area contributed by atoms with Gasteiger partial charge in [0.15, 0.2) is 5.11 Å². The molecule has 0 aliphatic carbocycles. The lowest BCUT2D eigenvalue weighted by atomic mass is 10.0. The fraction of sp³-hybridized carbons (Fsp3) is 0.167. The van der Waals surface area contributed by atoms with Gasteiger partial charge in [-0.25, -0.2) is 0 Å². The first-order valence-electron chi connectivity index (χ1n) is 7.86. The van der Waals surface area contributed by atoms with Gasteiger partial charge in [-0.1, -0.05) is 23.2 Å². The molecule has 1 aliphatic rings. The molecule has 0 saturated carbocycles. The van der Waals surface area contributed by atoms with Crippen LogP contribution in [-0.4, -0.2) is 25.3 Å². The van der Waals surface area contributed by atoms with Gasteiger partial charge < -0.3 is 9.45 Å². The maximum absolute atomic E-state index is 13.1. The second kappa shape index (κ2) is 7.43. The number of carbonyl (C=O) groups is 1. The predicted octanol–water partition coefficient (Wildman–Crippen LogP) is 4.02. The van der Waals surface area contributed by atoms with E-state index in [0.717, 1.165) is 0 Å². The van der Waals surface area contributed by atoms with Gasteiger partial charge in [0.05, 0.1) is 21.3 Å². The van der Waals surface area contributed by atoms with Crippen LogP contribution in [0.5, 0.6) is 0 Å². The van der Waals surface area contributed by atoms with Gasteiger partial charge in [0.1, 0.15) is 11.6 Å². The molecule has 2 aromatic rings. The van der Waals surface area contributed by atoms with Crippen LogP contribution in [0.15, 0.2) is 41.3 Å². The Morgan fingerprint density at radius 2 is 1.79 bits per heavy atom. The fourth-order valence-corrected chi connectivity index (χ4v) is 4.44. The maximum Gasteiger partial charge on any atom is 0.259 e. The molecule has 10 heteroatoms. The summed E-state index contributed by atoms with van der Waals surface area (Å²) in [5.41, 5.74) is 0.0113. The summed E-state index contributed by atoms with van der Waals surface area (Å²) in [5.74, 6) is -0.321. The Labute approximate surface area is 179 Å². The van der Waals surface area contributed by atoms with E-state index in [1.165, 1.54) is 29.2 Å². The van der Waals surface area contributed by atoms with Crippen molar-refractivity contribution in [3.05, 3.63) is 52.0 Å². The summed E-state index contributed by atoms with van der Waals surface area (Å²) in [5, 5.41) is 9.46. The zero-order valence-electron chi connectivity index (χ0n) is 14.6. The number of hydrogen-bond acceptors (Lipinski definition) is 5. The highest BCUT2D eigenvalue weighted by Crippen LogP contribution is 2.38. The van der Waals surface area contributed by atoms with Crippen LogP contribution in [0, 0.1) is 11.3 Å². The summed E-state index contributed by atoms with van der Waals surface area (Å²) in [6.45, 7) is 3.35. The van der Waals surface area contributed by atoms with E-state index >= 15 is 0 Å². The monoisotopic (exact) mass is 452 g/mol. The third kappa shape index (κ3) is 3.30. The summed E-state index contributed by atoms with van der Waals surface area (Å²) < 4.78 is 22.9. The molecule has 0 N–H and O–H groups in total. The van der Waals surface area contributed by atoms with E-state index < -0.39 is 16.6 Å². The normalized spacial score (nSPS) is 17.0. The summed E-state index contributed by atoms with van der Waals surface area (Å²) in [4.78, 5) is 15.9. The third-order valence-electron chi connectivity index (χ3n) is 4.35. The Kier molecular flexibility index (Phi) is 5.49. The number of rotatable bonds is 3. The van der Waals surface area contributed by atoms with Crippen molar-refractivity contribution in [1.29, 1.82) is 5.26 Å². The lowest BCUT2D eigenvalue weighted by molar-refractivity contribution is -0.120. The van der Waals surface area contributed by atoms with Gasteiger partial charge in [-0.2, -0.15) is 5.26 Å². The van der Waals surface area contributed by atoms with Gasteiger partial charge in [-0.3, -0.25) is 13.9 Å². The van der Waals surface area contributed by atoms with Gasteiger partial charge in [-0.15, -0.1) is 0 Å². The minimum atomic E-state index is -2.55. The Balaban J connectivity index is 2.11. The zero-order valence-corrected chi connectivity index (χ0v) is 17.7. The number of carbonyl (C=O) groups excluding carboxylic acids is 1. The van der Waals surface area contributed by atoms with E-state index in [1.807, 2.05) is 6.07 Å². The van der Waals surface area contributed by atoms with E-state index in [4.69, 9.17) is 40.7 Å². The van der Waals surface area contributed by atoms with Crippen LogP contribution in [-0.2, 0) is 15.9 Å². The summed E-state index contributed by atoms with van der Waals surface area (Å²) in [7, 11) is 0. The standard InChI is InChI=1S/C18H13Cl2N3O3S2/c1-18(2)16(24)22(11-4-3-10(9-21)14(20)7-11)17(27)23(18)12-5-6-13(19)15(8-12)28(25)26/h3-8H,1-2H3,(H,25,26)/p-1. The first-order valence-corrected chi connectivity index (χ1v) is 10.1. The van der Waals surface area contributed by atoms with Crippen LogP contribution >= 0.6 is 35.4 Å². The van der Waals surface area contributed by atoms with Crippen LogP contribution in [0.1, 0.15) is 19.4 Å². The minimum absolute atomic E-state index is 0.0714. The van der Waals surface area contributed by atoms with Crippen LogP contribution in [0.4, 0.5) is 11.4 Å². The molecular formula is C18H12Cl2N3O3S2-. The molecule has 1 fully saturated rings. The van der Waals surface area contributed by atoms with E-state index in [0.29, 0.717) is 11.4 Å². The third-order valence-corrected chi connectivity index (χ3v) is 6.17. The van der Waals surface area contributed by atoms with Crippen molar-refractivity contribution in [3.63, 3.8) is 0 Å². The number of anilines is 2. The molecular weight excluding hydrogens is 441 g/mol. The van der Waals surface area contributed by atoms with Crippen LogP contribution in [0.3, 0.4) is 0 Å². The largest absolute Gasteiger partial charge is 0.768 e. The molecule has 1 unspecified atom stereocenters. The van der Waals surface area contributed by atoms with Gasteiger partial charge in [-0.05, 0) is 73.5 Å². The first-order chi connectivity index (χ1) is 13.1. The fourth-order valence-electron chi connectivity index (χ4n) is 2.95. The lowest BCUT2D eigenvalue weighted by Gasteiger charge is -2.30. The van der Waals surface area contributed by atoms with Crippen molar-refractivity contribution in [2.45, 2.75) is 24.3 Å². The van der Waals surface area contributed by atoms with Crippen LogP contribution in [0.2, 0.25) is 10.0 Å². The molecule has 3 rings (SSSR count). The molecule has 1 heterocycles. The predicted molar refractivity (Wildman–Crippen MR) is 111 cm³/mol. The second-order valence-corrected chi connectivity index (χ2v) is 8.53. The smallest absolute Gasteiger partial charge is 0.259 e. The van der Waals surface area contributed by atoms with E-state index in [1.54, 1.807) is 30.9 Å². The average molecular weight is 453 g/mol. The molecule has 1 amide bonds. The minimum Gasteiger partial charge on any atom is -0.768 e. The van der Waals surface area contributed by atoms with Gasteiger partial charge in [0.2, 0.25) is 0 Å². The topological polar surface area (TPSA) is 87.5 Å². The zero-order chi connectivity index (χ0) is 20.8.